The van der Waals surface area contributed by atoms with Gasteiger partial charge in [-0.25, -0.2) is 8.42 Å². The minimum atomic E-state index is -3.20. The van der Waals surface area contributed by atoms with Crippen LogP contribution in [0.3, 0.4) is 0 Å². The first-order valence-corrected chi connectivity index (χ1v) is 11.5. The minimum Gasteiger partial charge on any atom is -0.459 e. The van der Waals surface area contributed by atoms with Crippen molar-refractivity contribution in [2.45, 2.75) is 19.5 Å². The van der Waals surface area contributed by atoms with E-state index in [4.69, 9.17) is 10.2 Å². The molecule has 0 saturated carbocycles. The molecular weight excluding hydrogens is 406 g/mol. The zero-order chi connectivity index (χ0) is 21.6. The Balaban J connectivity index is 1.69. The average molecular weight is 432 g/mol. The van der Waals surface area contributed by atoms with Crippen LogP contribution in [0.1, 0.15) is 12.7 Å². The van der Waals surface area contributed by atoms with Crippen molar-refractivity contribution in [1.29, 1.82) is 0 Å². The number of rotatable bonds is 4. The van der Waals surface area contributed by atoms with E-state index in [1.54, 1.807) is 37.8 Å². The zero-order valence-electron chi connectivity index (χ0n) is 17.2. The monoisotopic (exact) mass is 431 g/mol. The number of nitrogens with zero attached hydrogens (tertiary/aromatic N) is 4. The molecule has 3 aromatic rings. The van der Waals surface area contributed by atoms with Crippen molar-refractivity contribution in [3.8, 4) is 11.1 Å². The lowest BCUT2D eigenvalue weighted by atomic mass is 10.1. The molecule has 10 heteroatoms. The molecule has 2 N–H and O–H groups in total. The number of anilines is 1. The van der Waals surface area contributed by atoms with Gasteiger partial charge in [0.15, 0.2) is 0 Å². The standard InChI is InChI=1S/C20H25N5O4S/c1-13-10-25(30(3,27)28)7-6-24(13)11-14-8-16-19(29-14)17(12-23(2)20(16)26)15-4-5-22-9-18(15)21/h4-5,8-9,12-13H,6-7,10-11,21H2,1-3H3/t13-/m1/s1. The molecule has 160 valence electrons. The van der Waals surface area contributed by atoms with Crippen molar-refractivity contribution in [1.82, 2.24) is 18.8 Å². The number of piperazine rings is 1. The van der Waals surface area contributed by atoms with Gasteiger partial charge in [0, 0.05) is 56.2 Å². The number of furan rings is 1. The van der Waals surface area contributed by atoms with Crippen LogP contribution < -0.4 is 11.3 Å². The van der Waals surface area contributed by atoms with E-state index in [1.165, 1.54) is 15.1 Å². The number of nitrogens with two attached hydrogens (primary N) is 1. The summed E-state index contributed by atoms with van der Waals surface area (Å²) in [7, 11) is -1.51. The van der Waals surface area contributed by atoms with E-state index in [0.717, 1.165) is 11.1 Å². The van der Waals surface area contributed by atoms with Crippen molar-refractivity contribution in [2.24, 2.45) is 7.05 Å². The molecule has 0 aliphatic carbocycles. The SMILES string of the molecule is C[C@@H]1CN(S(C)(=O)=O)CCN1Cc1cc2c(=O)n(C)cc(-c3ccncc3N)c2o1. The van der Waals surface area contributed by atoms with Gasteiger partial charge in [0.1, 0.15) is 11.3 Å². The minimum absolute atomic E-state index is 0.0276. The lowest BCUT2D eigenvalue weighted by Gasteiger charge is -2.38. The Morgan fingerprint density at radius 2 is 2.07 bits per heavy atom. The van der Waals surface area contributed by atoms with Crippen molar-refractivity contribution in [3.05, 3.63) is 46.8 Å². The fourth-order valence-electron chi connectivity index (χ4n) is 3.92. The summed E-state index contributed by atoms with van der Waals surface area (Å²) in [5.41, 5.74) is 8.43. The Labute approximate surface area is 174 Å². The Bertz CT molecular complexity index is 1260. The summed E-state index contributed by atoms with van der Waals surface area (Å²) in [5.74, 6) is 0.654. The van der Waals surface area contributed by atoms with Crippen LogP contribution in [0, 0.1) is 0 Å². The Kier molecular flexibility index (Phi) is 5.16. The Morgan fingerprint density at radius 1 is 1.30 bits per heavy atom. The molecule has 0 amide bonds. The predicted molar refractivity (Wildman–Crippen MR) is 115 cm³/mol. The second kappa shape index (κ2) is 7.53. The summed E-state index contributed by atoms with van der Waals surface area (Å²) in [4.78, 5) is 18.9. The van der Waals surface area contributed by atoms with Crippen molar-refractivity contribution >= 4 is 26.7 Å². The molecule has 4 rings (SSSR count). The third-order valence-corrected chi connectivity index (χ3v) is 6.87. The normalized spacial score (nSPS) is 18.8. The molecule has 4 heterocycles. The van der Waals surface area contributed by atoms with E-state index in [-0.39, 0.29) is 11.6 Å². The van der Waals surface area contributed by atoms with Gasteiger partial charge in [-0.3, -0.25) is 14.7 Å². The van der Waals surface area contributed by atoms with E-state index in [9.17, 15) is 13.2 Å². The second-order valence-corrected chi connectivity index (χ2v) is 9.80. The molecule has 1 saturated heterocycles. The third-order valence-electron chi connectivity index (χ3n) is 5.60. The van der Waals surface area contributed by atoms with Crippen molar-refractivity contribution in [2.75, 3.05) is 31.6 Å². The second-order valence-electron chi connectivity index (χ2n) is 7.82. The van der Waals surface area contributed by atoms with Gasteiger partial charge in [0.25, 0.3) is 5.56 Å². The molecule has 0 spiro atoms. The highest BCUT2D eigenvalue weighted by Gasteiger charge is 2.29. The van der Waals surface area contributed by atoms with Gasteiger partial charge < -0.3 is 14.7 Å². The van der Waals surface area contributed by atoms with Crippen LogP contribution >= 0.6 is 0 Å². The van der Waals surface area contributed by atoms with Crippen LogP contribution in [-0.2, 0) is 23.6 Å². The van der Waals surface area contributed by atoms with E-state index in [1.807, 2.05) is 6.92 Å². The predicted octanol–water partition coefficient (Wildman–Crippen LogP) is 1.24. The molecule has 1 fully saturated rings. The van der Waals surface area contributed by atoms with E-state index >= 15 is 0 Å². The molecule has 0 bridgehead atoms. The number of nitrogen functional groups attached to an aromatic ring is 1. The molecular formula is C20H25N5O4S. The first kappa shape index (κ1) is 20.6. The number of fused-ring (bicyclic) bond motifs is 1. The van der Waals surface area contributed by atoms with E-state index in [2.05, 4.69) is 9.88 Å². The number of aromatic nitrogens is 2. The van der Waals surface area contributed by atoms with Gasteiger partial charge >= 0.3 is 0 Å². The quantitative estimate of drug-likeness (QED) is 0.661. The highest BCUT2D eigenvalue weighted by Crippen LogP contribution is 2.32. The summed E-state index contributed by atoms with van der Waals surface area (Å²) in [6, 6.07) is 3.59. The summed E-state index contributed by atoms with van der Waals surface area (Å²) in [6.45, 7) is 3.93. The molecule has 0 radical (unpaired) electrons. The first-order chi connectivity index (χ1) is 14.1. The Morgan fingerprint density at radius 3 is 2.73 bits per heavy atom. The van der Waals surface area contributed by atoms with Gasteiger partial charge in [-0.2, -0.15) is 4.31 Å². The molecule has 0 unspecified atom stereocenters. The summed E-state index contributed by atoms with van der Waals surface area (Å²) >= 11 is 0. The fourth-order valence-corrected chi connectivity index (χ4v) is 4.82. The maximum absolute atomic E-state index is 12.7. The zero-order valence-corrected chi connectivity index (χ0v) is 18.0. The van der Waals surface area contributed by atoms with E-state index in [0.29, 0.717) is 48.6 Å². The summed E-state index contributed by atoms with van der Waals surface area (Å²) in [5, 5.41) is 0.489. The van der Waals surface area contributed by atoms with Crippen LogP contribution in [0.5, 0.6) is 0 Å². The molecule has 9 nitrogen and oxygen atoms in total. The number of sulfonamides is 1. The summed E-state index contributed by atoms with van der Waals surface area (Å²) in [6.07, 6.45) is 6.17. The van der Waals surface area contributed by atoms with Gasteiger partial charge in [-0.05, 0) is 19.1 Å². The van der Waals surface area contributed by atoms with Gasteiger partial charge in [0.2, 0.25) is 10.0 Å². The highest BCUT2D eigenvalue weighted by atomic mass is 32.2. The lowest BCUT2D eigenvalue weighted by Crippen LogP contribution is -2.52. The summed E-state index contributed by atoms with van der Waals surface area (Å²) < 4.78 is 32.8. The largest absolute Gasteiger partial charge is 0.459 e. The van der Waals surface area contributed by atoms with Crippen LogP contribution in [0.25, 0.3) is 22.1 Å². The molecule has 1 aliphatic heterocycles. The van der Waals surface area contributed by atoms with Crippen molar-refractivity contribution < 1.29 is 12.8 Å². The van der Waals surface area contributed by atoms with Crippen LogP contribution in [0.4, 0.5) is 5.69 Å². The maximum atomic E-state index is 12.7. The average Bonchev–Trinajstić information content (AvgIpc) is 3.10. The van der Waals surface area contributed by atoms with Gasteiger partial charge in [0.05, 0.1) is 30.1 Å². The Hall–Kier alpha value is -2.69. The van der Waals surface area contributed by atoms with Crippen LogP contribution in [0.2, 0.25) is 0 Å². The molecule has 0 aromatic carbocycles. The van der Waals surface area contributed by atoms with Crippen molar-refractivity contribution in [3.63, 3.8) is 0 Å². The van der Waals surface area contributed by atoms with Crippen LogP contribution in [0.15, 0.2) is 39.9 Å². The first-order valence-electron chi connectivity index (χ1n) is 9.66. The van der Waals surface area contributed by atoms with Gasteiger partial charge in [-0.15, -0.1) is 0 Å². The fraction of sp³-hybridized carbons (Fsp3) is 0.400. The third kappa shape index (κ3) is 3.73. The molecule has 1 atom stereocenters. The smallest absolute Gasteiger partial charge is 0.261 e. The number of hydrogen-bond acceptors (Lipinski definition) is 7. The molecule has 1 aliphatic rings. The topological polar surface area (TPSA) is 115 Å². The number of hydrogen-bond donors (Lipinski definition) is 1. The highest BCUT2D eigenvalue weighted by molar-refractivity contribution is 7.88. The number of aryl methyl sites for hydroxylation is 1. The molecule has 3 aromatic heterocycles. The van der Waals surface area contributed by atoms with Crippen LogP contribution in [-0.4, -0.2) is 59.1 Å². The molecule has 30 heavy (non-hydrogen) atoms. The van der Waals surface area contributed by atoms with E-state index < -0.39 is 10.0 Å². The maximum Gasteiger partial charge on any atom is 0.261 e. The van der Waals surface area contributed by atoms with Gasteiger partial charge in [-0.1, -0.05) is 0 Å². The number of pyridine rings is 2. The lowest BCUT2D eigenvalue weighted by molar-refractivity contribution is 0.115.